The second-order valence-corrected chi connectivity index (χ2v) is 4.79. The van der Waals surface area contributed by atoms with Gasteiger partial charge in [0.2, 0.25) is 0 Å². The maximum Gasteiger partial charge on any atom is 1.00 e. The molecule has 3 rings (SSSR count). The van der Waals surface area contributed by atoms with E-state index in [2.05, 4.69) is 11.0 Å². The van der Waals surface area contributed by atoms with E-state index in [9.17, 15) is 4.39 Å². The normalized spacial score (nSPS) is 9.86. The van der Waals surface area contributed by atoms with Crippen LogP contribution in [0.15, 0.2) is 78.9 Å². The number of para-hydroxylation sites is 2. The Balaban J connectivity index is 0.00000176. The predicted octanol–water partition coefficient (Wildman–Crippen LogP) is 1.97. The Hall–Kier alpha value is -2.01. The molecule has 0 bridgehead atoms. The SMILES string of the molecule is Fc1cc[c-]c(CN(c2ccccc2)c2ccccc2)c1.[Li+]. The topological polar surface area (TPSA) is 3.24 Å². The van der Waals surface area contributed by atoms with E-state index in [1.807, 2.05) is 60.7 Å². The molecular weight excluding hydrogens is 268 g/mol. The summed E-state index contributed by atoms with van der Waals surface area (Å²) in [5, 5.41) is 0. The third-order valence-electron chi connectivity index (χ3n) is 3.29. The third kappa shape index (κ3) is 4.01. The molecule has 104 valence electrons. The molecule has 0 saturated carbocycles. The Bertz CT molecular complexity index is 661. The van der Waals surface area contributed by atoms with Gasteiger partial charge >= 0.3 is 18.9 Å². The first kappa shape index (κ1) is 16.4. The van der Waals surface area contributed by atoms with Crippen LogP contribution in [0.25, 0.3) is 0 Å². The summed E-state index contributed by atoms with van der Waals surface area (Å²) in [4.78, 5) is 2.14. The number of hydrogen-bond acceptors (Lipinski definition) is 1. The van der Waals surface area contributed by atoms with Gasteiger partial charge in [-0.25, -0.2) is 4.39 Å². The van der Waals surface area contributed by atoms with Crippen LogP contribution in [0.1, 0.15) is 5.56 Å². The summed E-state index contributed by atoms with van der Waals surface area (Å²) in [5.41, 5.74) is 2.96. The van der Waals surface area contributed by atoms with Gasteiger partial charge in [-0.05, 0) is 24.3 Å². The average Bonchev–Trinajstić information content (AvgIpc) is 2.54. The van der Waals surface area contributed by atoms with Crippen molar-refractivity contribution in [3.05, 3.63) is 96.3 Å². The van der Waals surface area contributed by atoms with E-state index in [0.717, 1.165) is 16.9 Å². The number of rotatable bonds is 4. The van der Waals surface area contributed by atoms with Crippen molar-refractivity contribution in [1.29, 1.82) is 0 Å². The summed E-state index contributed by atoms with van der Waals surface area (Å²) < 4.78 is 13.4. The number of nitrogens with zero attached hydrogens (tertiary/aromatic N) is 1. The van der Waals surface area contributed by atoms with Crippen LogP contribution < -0.4 is 23.8 Å². The molecule has 0 unspecified atom stereocenters. The molecule has 3 heteroatoms. The number of benzene rings is 3. The van der Waals surface area contributed by atoms with E-state index in [-0.39, 0.29) is 24.7 Å². The van der Waals surface area contributed by atoms with Gasteiger partial charge in [-0.3, -0.25) is 0 Å². The van der Waals surface area contributed by atoms with E-state index in [1.165, 1.54) is 12.1 Å². The minimum Gasteiger partial charge on any atom is -0.339 e. The Morgan fingerprint density at radius 2 is 1.36 bits per heavy atom. The minimum atomic E-state index is -0.232. The molecule has 0 aliphatic rings. The van der Waals surface area contributed by atoms with Crippen molar-refractivity contribution in [3.63, 3.8) is 0 Å². The Labute approximate surface area is 142 Å². The molecule has 0 N–H and O–H groups in total. The first-order valence-electron chi connectivity index (χ1n) is 6.87. The molecule has 3 aromatic carbocycles. The van der Waals surface area contributed by atoms with E-state index in [4.69, 9.17) is 0 Å². The van der Waals surface area contributed by atoms with Crippen molar-refractivity contribution in [2.24, 2.45) is 0 Å². The summed E-state index contributed by atoms with van der Waals surface area (Å²) in [7, 11) is 0. The Morgan fingerprint density at radius 3 is 1.86 bits per heavy atom. The molecule has 0 saturated heterocycles. The molecule has 0 fully saturated rings. The molecule has 3 aromatic rings. The Kier molecular flexibility index (Phi) is 5.83. The zero-order valence-corrected chi connectivity index (χ0v) is 12.5. The number of anilines is 2. The van der Waals surface area contributed by atoms with Gasteiger partial charge in [-0.2, -0.15) is 12.1 Å². The maximum atomic E-state index is 13.4. The zero-order valence-electron chi connectivity index (χ0n) is 12.5. The molecule has 0 amide bonds. The van der Waals surface area contributed by atoms with Gasteiger partial charge in [-0.15, -0.1) is 17.7 Å². The monoisotopic (exact) mass is 283 g/mol. The van der Waals surface area contributed by atoms with Crippen LogP contribution in [-0.2, 0) is 6.54 Å². The second-order valence-electron chi connectivity index (χ2n) is 4.79. The van der Waals surface area contributed by atoms with Crippen molar-refractivity contribution in [2.45, 2.75) is 6.54 Å². The molecule has 0 aliphatic heterocycles. The molecule has 0 heterocycles. The van der Waals surface area contributed by atoms with E-state index in [0.29, 0.717) is 6.54 Å². The molecule has 0 aromatic heterocycles. The fraction of sp³-hybridized carbons (Fsp3) is 0.0526. The standard InChI is InChI=1S/C19H15FN.Li/c20-17-9-7-8-16(14-17)15-21(18-10-3-1-4-11-18)19-12-5-2-6-13-19;/h1-7,9-14H,15H2;/q-1;+1. The summed E-state index contributed by atoms with van der Waals surface area (Å²) in [6.07, 6.45) is 0. The Morgan fingerprint density at radius 1 is 0.818 bits per heavy atom. The zero-order chi connectivity index (χ0) is 14.5. The van der Waals surface area contributed by atoms with Crippen LogP contribution in [0.3, 0.4) is 0 Å². The average molecular weight is 283 g/mol. The summed E-state index contributed by atoms with van der Waals surface area (Å²) in [6.45, 7) is 0.575. The van der Waals surface area contributed by atoms with Crippen LogP contribution in [0.2, 0.25) is 0 Å². The van der Waals surface area contributed by atoms with Crippen LogP contribution in [0.5, 0.6) is 0 Å². The van der Waals surface area contributed by atoms with E-state index in [1.54, 1.807) is 6.07 Å². The third-order valence-corrected chi connectivity index (χ3v) is 3.29. The van der Waals surface area contributed by atoms with Crippen molar-refractivity contribution < 1.29 is 23.3 Å². The van der Waals surface area contributed by atoms with Crippen LogP contribution in [0.4, 0.5) is 15.8 Å². The summed E-state index contributed by atoms with van der Waals surface area (Å²) in [5.74, 6) is -0.232. The van der Waals surface area contributed by atoms with Gasteiger partial charge in [0.05, 0.1) is 0 Å². The van der Waals surface area contributed by atoms with Crippen molar-refractivity contribution in [2.75, 3.05) is 4.90 Å². The maximum absolute atomic E-state index is 13.4. The van der Waals surface area contributed by atoms with E-state index >= 15 is 0 Å². The van der Waals surface area contributed by atoms with Crippen LogP contribution in [-0.4, -0.2) is 0 Å². The summed E-state index contributed by atoms with van der Waals surface area (Å²) in [6, 6.07) is 27.8. The van der Waals surface area contributed by atoms with Crippen LogP contribution >= 0.6 is 0 Å². The van der Waals surface area contributed by atoms with Crippen LogP contribution in [0, 0.1) is 11.9 Å². The minimum absolute atomic E-state index is 0. The van der Waals surface area contributed by atoms with Gasteiger partial charge in [0.15, 0.2) is 0 Å². The van der Waals surface area contributed by atoms with Gasteiger partial charge < -0.3 is 4.90 Å². The number of halogens is 1. The molecule has 0 radical (unpaired) electrons. The molecule has 22 heavy (non-hydrogen) atoms. The van der Waals surface area contributed by atoms with Crippen molar-refractivity contribution in [3.8, 4) is 0 Å². The molecule has 0 atom stereocenters. The molecular formula is C19H15FLiN. The van der Waals surface area contributed by atoms with E-state index < -0.39 is 0 Å². The second kappa shape index (κ2) is 7.84. The van der Waals surface area contributed by atoms with Gasteiger partial charge in [0.25, 0.3) is 0 Å². The predicted molar refractivity (Wildman–Crippen MR) is 84.0 cm³/mol. The summed E-state index contributed by atoms with van der Waals surface area (Å²) >= 11 is 0. The molecule has 1 nitrogen and oxygen atoms in total. The van der Waals surface area contributed by atoms with Gasteiger partial charge in [0, 0.05) is 23.7 Å². The van der Waals surface area contributed by atoms with Crippen molar-refractivity contribution >= 4 is 11.4 Å². The smallest absolute Gasteiger partial charge is 0.339 e. The first-order valence-corrected chi connectivity index (χ1v) is 6.87. The van der Waals surface area contributed by atoms with Gasteiger partial charge in [0.1, 0.15) is 0 Å². The molecule has 0 spiro atoms. The van der Waals surface area contributed by atoms with Gasteiger partial charge in [-0.1, -0.05) is 36.4 Å². The fourth-order valence-corrected chi connectivity index (χ4v) is 2.29. The largest absolute Gasteiger partial charge is 1.00 e. The quantitative estimate of drug-likeness (QED) is 0.523. The fourth-order valence-electron chi connectivity index (χ4n) is 2.29. The molecule has 0 aliphatic carbocycles. The number of hydrogen-bond donors (Lipinski definition) is 0. The first-order chi connectivity index (χ1) is 10.3. The van der Waals surface area contributed by atoms with Crippen molar-refractivity contribution in [1.82, 2.24) is 0 Å².